The lowest BCUT2D eigenvalue weighted by Gasteiger charge is -2.40. The first-order chi connectivity index (χ1) is 23.2. The molecule has 2 amide bonds. The number of benzene rings is 3. The number of carbonyl (C=O) groups is 3. The number of amides is 2. The Morgan fingerprint density at radius 1 is 1.10 bits per heavy atom. The van der Waals surface area contributed by atoms with Crippen LogP contribution in [-0.2, 0) is 11.2 Å². The van der Waals surface area contributed by atoms with Crippen molar-refractivity contribution in [3.63, 3.8) is 0 Å². The van der Waals surface area contributed by atoms with Crippen LogP contribution in [0.1, 0.15) is 32.9 Å². The highest BCUT2D eigenvalue weighted by Gasteiger charge is 2.42. The van der Waals surface area contributed by atoms with E-state index in [1.54, 1.807) is 42.5 Å². The molecule has 1 aliphatic carbocycles. The van der Waals surface area contributed by atoms with Gasteiger partial charge in [-0.3, -0.25) is 14.4 Å². The molecule has 0 radical (unpaired) electrons. The third-order valence-electron chi connectivity index (χ3n) is 7.99. The molecule has 3 atom stereocenters. The summed E-state index contributed by atoms with van der Waals surface area (Å²) in [5, 5.41) is 24.5. The van der Waals surface area contributed by atoms with Gasteiger partial charge in [-0.05, 0) is 77.0 Å². The van der Waals surface area contributed by atoms with Gasteiger partial charge in [0.2, 0.25) is 5.91 Å². The zero-order chi connectivity index (χ0) is 34.4. The monoisotopic (exact) mass is 772 g/mol. The summed E-state index contributed by atoms with van der Waals surface area (Å²) < 4.78 is 37.8. The first-order valence-corrected chi connectivity index (χ1v) is 16.1. The van der Waals surface area contributed by atoms with Crippen LogP contribution in [0, 0.1) is 9.39 Å². The second-order valence-electron chi connectivity index (χ2n) is 11.0. The largest absolute Gasteiger partial charge is 0.493 e. The predicted octanol–water partition coefficient (Wildman–Crippen LogP) is 4.31. The summed E-state index contributed by atoms with van der Waals surface area (Å²) in [5.41, 5.74) is 1.53. The molecule has 11 nitrogen and oxygen atoms in total. The van der Waals surface area contributed by atoms with E-state index in [0.717, 1.165) is 0 Å². The zero-order valence-corrected chi connectivity index (χ0v) is 28.3. The van der Waals surface area contributed by atoms with Gasteiger partial charge in [-0.2, -0.15) is 0 Å². The first-order valence-electron chi connectivity index (χ1n) is 15.1. The van der Waals surface area contributed by atoms with Crippen molar-refractivity contribution in [3.8, 4) is 17.2 Å². The van der Waals surface area contributed by atoms with Crippen LogP contribution in [-0.4, -0.2) is 85.4 Å². The number of ether oxygens (including phenoxy) is 3. The molecule has 13 heteroatoms. The van der Waals surface area contributed by atoms with E-state index < -0.39 is 35.9 Å². The topological polar surface area (TPSA) is 148 Å². The van der Waals surface area contributed by atoms with Gasteiger partial charge in [0.15, 0.2) is 28.6 Å². The lowest BCUT2D eigenvalue weighted by Crippen LogP contribution is -2.55. The number of carbonyl (C=O) groups excluding carboxylic acids is 3. The van der Waals surface area contributed by atoms with Gasteiger partial charge in [0.05, 0.1) is 30.4 Å². The second kappa shape index (κ2) is 15.6. The Labute approximate surface area is 289 Å². The number of furan rings is 1. The lowest BCUT2D eigenvalue weighted by atomic mass is 9.87. The summed E-state index contributed by atoms with van der Waals surface area (Å²) in [7, 11) is 2.90. The van der Waals surface area contributed by atoms with Gasteiger partial charge in [0, 0.05) is 36.0 Å². The lowest BCUT2D eigenvalue weighted by molar-refractivity contribution is -0.118. The molecule has 4 aromatic rings. The zero-order valence-electron chi connectivity index (χ0n) is 26.2. The summed E-state index contributed by atoms with van der Waals surface area (Å²) in [6.07, 6.45) is -0.257. The van der Waals surface area contributed by atoms with Crippen molar-refractivity contribution in [2.24, 2.45) is 0 Å². The van der Waals surface area contributed by atoms with Crippen molar-refractivity contribution in [2.75, 3.05) is 33.9 Å². The smallest absolute Gasteiger partial charge is 0.289 e. The maximum Gasteiger partial charge on any atom is 0.289 e. The number of aliphatic hydroxyl groups excluding tert-OH is 2. The van der Waals surface area contributed by atoms with E-state index in [1.165, 1.54) is 43.4 Å². The molecule has 0 fully saturated rings. The SMILES string of the molecule is COc1cc(C=O)cc(I)c1O[C@H]1C=C(C(=O)NCCO)C[C@@H](N(CCc2cccc(F)c2)C(=O)c2cc3cccc(OC)c3o2)[C@@H]1O. The number of aldehydes is 1. The van der Waals surface area contributed by atoms with E-state index in [9.17, 15) is 29.0 Å². The molecule has 0 saturated carbocycles. The highest BCUT2D eigenvalue weighted by atomic mass is 127. The van der Waals surface area contributed by atoms with Crippen LogP contribution in [0.25, 0.3) is 11.0 Å². The molecular formula is C35H34FIN2O9. The van der Waals surface area contributed by atoms with Gasteiger partial charge >= 0.3 is 0 Å². The highest BCUT2D eigenvalue weighted by molar-refractivity contribution is 14.1. The summed E-state index contributed by atoms with van der Waals surface area (Å²) in [6, 6.07) is 14.8. The number of hydrogen-bond acceptors (Lipinski definition) is 9. The minimum atomic E-state index is -1.37. The number of hydrogen-bond donors (Lipinski definition) is 3. The predicted molar refractivity (Wildman–Crippen MR) is 182 cm³/mol. The molecule has 5 rings (SSSR count). The van der Waals surface area contributed by atoms with Gasteiger partial charge in [-0.25, -0.2) is 4.39 Å². The molecule has 1 aliphatic rings. The molecule has 1 heterocycles. The number of fused-ring (bicyclic) bond motifs is 1. The van der Waals surface area contributed by atoms with Crippen molar-refractivity contribution in [2.45, 2.75) is 31.1 Å². The Bertz CT molecular complexity index is 1840. The van der Waals surface area contributed by atoms with Crippen molar-refractivity contribution in [1.29, 1.82) is 0 Å². The number of aliphatic hydroxyl groups is 2. The third kappa shape index (κ3) is 7.63. The molecular weight excluding hydrogens is 738 g/mol. The molecule has 3 N–H and O–H groups in total. The first kappa shape index (κ1) is 34.9. The summed E-state index contributed by atoms with van der Waals surface area (Å²) in [5.74, 6) is -0.671. The van der Waals surface area contributed by atoms with Crippen LogP contribution in [0.2, 0.25) is 0 Å². The molecule has 252 valence electrons. The number of para-hydroxylation sites is 1. The van der Waals surface area contributed by atoms with Crippen LogP contribution in [0.4, 0.5) is 4.39 Å². The summed E-state index contributed by atoms with van der Waals surface area (Å²) in [6.45, 7) is -0.292. The number of methoxy groups -OCH3 is 2. The maximum absolute atomic E-state index is 14.3. The Balaban J connectivity index is 1.56. The highest BCUT2D eigenvalue weighted by Crippen LogP contribution is 2.37. The molecule has 3 aromatic carbocycles. The van der Waals surface area contributed by atoms with E-state index in [2.05, 4.69) is 5.32 Å². The number of nitrogens with zero attached hydrogens (tertiary/aromatic N) is 1. The third-order valence-corrected chi connectivity index (χ3v) is 8.79. The normalized spacial score (nSPS) is 17.4. The average Bonchev–Trinajstić information content (AvgIpc) is 3.54. The molecule has 0 bridgehead atoms. The number of nitrogens with one attached hydrogen (secondary N) is 1. The maximum atomic E-state index is 14.3. The van der Waals surface area contributed by atoms with Crippen molar-refractivity contribution in [3.05, 3.63) is 98.6 Å². The Kier molecular flexibility index (Phi) is 11.3. The average molecular weight is 773 g/mol. The van der Waals surface area contributed by atoms with Crippen LogP contribution in [0.15, 0.2) is 76.7 Å². The molecule has 1 aromatic heterocycles. The van der Waals surface area contributed by atoms with Crippen LogP contribution in [0.5, 0.6) is 17.2 Å². The minimum Gasteiger partial charge on any atom is -0.493 e. The van der Waals surface area contributed by atoms with Gasteiger partial charge in [0.1, 0.15) is 24.3 Å². The summed E-state index contributed by atoms with van der Waals surface area (Å²) >= 11 is 1.98. The van der Waals surface area contributed by atoms with E-state index in [-0.39, 0.29) is 55.4 Å². The molecule has 0 aliphatic heterocycles. The van der Waals surface area contributed by atoms with Gasteiger partial charge < -0.3 is 39.1 Å². The van der Waals surface area contributed by atoms with E-state index in [1.807, 2.05) is 22.6 Å². The molecule has 48 heavy (non-hydrogen) atoms. The van der Waals surface area contributed by atoms with Gasteiger partial charge in [-0.15, -0.1) is 0 Å². The molecule has 0 unspecified atom stereocenters. The molecule has 0 spiro atoms. The van der Waals surface area contributed by atoms with Gasteiger partial charge in [-0.1, -0.05) is 24.3 Å². The van der Waals surface area contributed by atoms with E-state index >= 15 is 0 Å². The Hall–Kier alpha value is -4.47. The van der Waals surface area contributed by atoms with E-state index in [0.29, 0.717) is 37.7 Å². The Morgan fingerprint density at radius 2 is 1.88 bits per heavy atom. The van der Waals surface area contributed by atoms with Crippen LogP contribution >= 0.6 is 22.6 Å². The number of halogens is 2. The van der Waals surface area contributed by atoms with Crippen LogP contribution < -0.4 is 19.5 Å². The van der Waals surface area contributed by atoms with Gasteiger partial charge in [0.25, 0.3) is 5.91 Å². The van der Waals surface area contributed by atoms with Crippen molar-refractivity contribution >= 4 is 51.7 Å². The van der Waals surface area contributed by atoms with Crippen molar-refractivity contribution in [1.82, 2.24) is 10.2 Å². The fourth-order valence-corrected chi connectivity index (χ4v) is 6.39. The number of rotatable bonds is 13. The van der Waals surface area contributed by atoms with E-state index in [4.69, 9.17) is 18.6 Å². The molecule has 0 saturated heterocycles. The fraction of sp³-hybridized carbons (Fsp3) is 0.286. The summed E-state index contributed by atoms with van der Waals surface area (Å²) in [4.78, 5) is 40.5. The fourth-order valence-electron chi connectivity index (χ4n) is 5.64. The Morgan fingerprint density at radius 3 is 2.58 bits per heavy atom. The second-order valence-corrected chi connectivity index (χ2v) is 12.2. The van der Waals surface area contributed by atoms with Crippen LogP contribution in [0.3, 0.4) is 0 Å². The quantitative estimate of drug-likeness (QED) is 0.134. The van der Waals surface area contributed by atoms with Crippen molar-refractivity contribution < 1.29 is 47.6 Å². The minimum absolute atomic E-state index is 0.0170. The standard InChI is InChI=1S/C35H34FIN2O9/c1-45-27-8-4-6-22-17-30(48-32(22)27)35(44)39(11-9-20-5-3-7-24(36)13-20)26-16-23(34(43)38-10-12-40)18-28(31(26)42)47-33-25(37)14-21(19-41)15-29(33)46-2/h3-8,13-15,17-19,26,28,31,40,42H,9-12,16H2,1-2H3,(H,38,43)/t26-,28+,31+/m1/s1.